The Labute approximate surface area is 159 Å². The zero-order valence-electron chi connectivity index (χ0n) is 16.3. The summed E-state index contributed by atoms with van der Waals surface area (Å²) in [5.41, 5.74) is 1.04. The van der Waals surface area contributed by atoms with E-state index in [0.717, 1.165) is 5.56 Å². The van der Waals surface area contributed by atoms with Crippen molar-refractivity contribution in [2.45, 2.75) is 32.9 Å². The molecule has 0 atom stereocenters. The Morgan fingerprint density at radius 1 is 1.00 bits per heavy atom. The highest BCUT2D eigenvalue weighted by Gasteiger charge is 2.17. The van der Waals surface area contributed by atoms with E-state index < -0.39 is 0 Å². The Bertz CT molecular complexity index is 828. The minimum absolute atomic E-state index is 0.198. The number of hydrogen-bond acceptors (Lipinski definition) is 5. The Balaban J connectivity index is 2.06. The molecule has 2 aromatic rings. The second kappa shape index (κ2) is 8.53. The molecule has 0 bridgehead atoms. The number of methoxy groups -OCH3 is 2. The highest BCUT2D eigenvalue weighted by molar-refractivity contribution is 5.98. The van der Waals surface area contributed by atoms with Crippen LogP contribution < -0.4 is 20.1 Å². The molecule has 0 saturated carbocycles. The summed E-state index contributed by atoms with van der Waals surface area (Å²) in [6, 6.07) is 8.47. The van der Waals surface area contributed by atoms with Gasteiger partial charge in [0.25, 0.3) is 11.8 Å². The Morgan fingerprint density at radius 3 is 2.33 bits per heavy atom. The van der Waals surface area contributed by atoms with Gasteiger partial charge in [0.05, 0.1) is 14.2 Å². The molecule has 0 saturated heterocycles. The first-order valence-electron chi connectivity index (χ1n) is 8.51. The average molecular weight is 371 g/mol. The summed E-state index contributed by atoms with van der Waals surface area (Å²) in [6.45, 7) is 5.95. The van der Waals surface area contributed by atoms with Crippen molar-refractivity contribution >= 4 is 11.8 Å². The third kappa shape index (κ3) is 5.70. The van der Waals surface area contributed by atoms with E-state index in [1.54, 1.807) is 32.4 Å². The van der Waals surface area contributed by atoms with Gasteiger partial charge < -0.3 is 20.1 Å². The van der Waals surface area contributed by atoms with E-state index in [9.17, 15) is 9.59 Å². The Morgan fingerprint density at radius 2 is 1.70 bits per heavy atom. The van der Waals surface area contributed by atoms with Crippen molar-refractivity contribution in [1.82, 2.24) is 15.6 Å². The fourth-order valence-electron chi connectivity index (χ4n) is 2.38. The number of nitrogens with one attached hydrogen (secondary N) is 2. The number of nitrogens with zero attached hydrogens (tertiary/aromatic N) is 1. The van der Waals surface area contributed by atoms with E-state index in [0.29, 0.717) is 23.6 Å². The first-order valence-corrected chi connectivity index (χ1v) is 8.51. The molecule has 7 heteroatoms. The van der Waals surface area contributed by atoms with Crippen LogP contribution in [-0.4, -0.2) is 36.6 Å². The maximum atomic E-state index is 12.4. The van der Waals surface area contributed by atoms with Gasteiger partial charge in [-0.3, -0.25) is 14.6 Å². The molecule has 0 radical (unpaired) electrons. The topological polar surface area (TPSA) is 89.5 Å². The third-order valence-corrected chi connectivity index (χ3v) is 3.64. The zero-order chi connectivity index (χ0) is 20.0. The van der Waals surface area contributed by atoms with Crippen LogP contribution in [-0.2, 0) is 6.54 Å². The average Bonchev–Trinajstić information content (AvgIpc) is 2.64. The van der Waals surface area contributed by atoms with Gasteiger partial charge in [0, 0.05) is 23.8 Å². The maximum Gasteiger partial charge on any atom is 0.270 e. The minimum Gasteiger partial charge on any atom is -0.493 e. The Kier molecular flexibility index (Phi) is 6.39. The standard InChI is InChI=1S/C20H25N3O4/c1-20(2,3)23-19(25)15-11-14(8-9-21-15)18(24)22-12-13-6-7-16(26-4)17(10-13)27-5/h6-11H,12H2,1-5H3,(H,22,24)(H,23,25). The van der Waals surface area contributed by atoms with Gasteiger partial charge >= 0.3 is 0 Å². The Hall–Kier alpha value is -3.09. The van der Waals surface area contributed by atoms with Crippen molar-refractivity contribution < 1.29 is 19.1 Å². The molecule has 0 aliphatic rings. The van der Waals surface area contributed by atoms with Gasteiger partial charge in [-0.05, 0) is 50.6 Å². The summed E-state index contributed by atoms with van der Waals surface area (Å²) in [4.78, 5) is 28.7. The van der Waals surface area contributed by atoms with Crippen LogP contribution in [0.5, 0.6) is 11.5 Å². The molecule has 0 aliphatic heterocycles. The van der Waals surface area contributed by atoms with Crippen LogP contribution in [0.15, 0.2) is 36.5 Å². The van der Waals surface area contributed by atoms with Crippen molar-refractivity contribution in [3.8, 4) is 11.5 Å². The molecule has 0 unspecified atom stereocenters. The van der Waals surface area contributed by atoms with Crippen molar-refractivity contribution in [2.75, 3.05) is 14.2 Å². The van der Waals surface area contributed by atoms with Gasteiger partial charge in [-0.15, -0.1) is 0 Å². The molecular formula is C20H25N3O4. The molecule has 7 nitrogen and oxygen atoms in total. The van der Waals surface area contributed by atoms with Gasteiger partial charge in [0.1, 0.15) is 5.69 Å². The number of benzene rings is 1. The molecule has 27 heavy (non-hydrogen) atoms. The second-order valence-corrected chi connectivity index (χ2v) is 7.01. The monoisotopic (exact) mass is 371 g/mol. The van der Waals surface area contributed by atoms with Gasteiger partial charge in [0.15, 0.2) is 11.5 Å². The molecule has 2 N–H and O–H groups in total. The van der Waals surface area contributed by atoms with E-state index in [-0.39, 0.29) is 23.0 Å². The largest absolute Gasteiger partial charge is 0.493 e. The highest BCUT2D eigenvalue weighted by Crippen LogP contribution is 2.27. The predicted molar refractivity (Wildman–Crippen MR) is 102 cm³/mol. The second-order valence-electron chi connectivity index (χ2n) is 7.01. The number of aromatic nitrogens is 1. The predicted octanol–water partition coefficient (Wildman–Crippen LogP) is 2.56. The lowest BCUT2D eigenvalue weighted by atomic mass is 10.1. The normalized spacial score (nSPS) is 10.9. The fourth-order valence-corrected chi connectivity index (χ4v) is 2.38. The molecule has 2 rings (SSSR count). The lowest BCUT2D eigenvalue weighted by molar-refractivity contribution is 0.0914. The van der Waals surface area contributed by atoms with Crippen molar-refractivity contribution in [3.05, 3.63) is 53.3 Å². The molecule has 1 heterocycles. The number of amides is 2. The van der Waals surface area contributed by atoms with Crippen LogP contribution in [0.1, 0.15) is 47.2 Å². The van der Waals surface area contributed by atoms with Gasteiger partial charge in [-0.2, -0.15) is 0 Å². The van der Waals surface area contributed by atoms with Crippen LogP contribution in [0.3, 0.4) is 0 Å². The van der Waals surface area contributed by atoms with Gasteiger partial charge in [-0.25, -0.2) is 0 Å². The SMILES string of the molecule is COc1ccc(CNC(=O)c2ccnc(C(=O)NC(C)(C)C)c2)cc1OC. The number of hydrogen-bond donors (Lipinski definition) is 2. The lowest BCUT2D eigenvalue weighted by Gasteiger charge is -2.20. The van der Waals surface area contributed by atoms with E-state index in [1.807, 2.05) is 26.8 Å². The molecular weight excluding hydrogens is 346 g/mol. The quantitative estimate of drug-likeness (QED) is 0.815. The molecule has 0 aliphatic carbocycles. The molecule has 0 fully saturated rings. The summed E-state index contributed by atoms with van der Waals surface area (Å²) >= 11 is 0. The fraction of sp³-hybridized carbons (Fsp3) is 0.350. The van der Waals surface area contributed by atoms with Gasteiger partial charge in [-0.1, -0.05) is 6.07 Å². The van der Waals surface area contributed by atoms with Crippen molar-refractivity contribution in [3.63, 3.8) is 0 Å². The number of pyridine rings is 1. The maximum absolute atomic E-state index is 12.4. The molecule has 144 valence electrons. The third-order valence-electron chi connectivity index (χ3n) is 3.64. The van der Waals surface area contributed by atoms with Gasteiger partial charge in [0.2, 0.25) is 0 Å². The summed E-state index contributed by atoms with van der Waals surface area (Å²) in [5.74, 6) is 0.597. The number of ether oxygens (including phenoxy) is 2. The van der Waals surface area contributed by atoms with Crippen LogP contribution in [0.25, 0.3) is 0 Å². The molecule has 1 aromatic carbocycles. The van der Waals surface area contributed by atoms with E-state index in [1.165, 1.54) is 12.3 Å². The number of rotatable bonds is 6. The summed E-state index contributed by atoms with van der Waals surface area (Å²) < 4.78 is 10.5. The van der Waals surface area contributed by atoms with E-state index in [2.05, 4.69) is 15.6 Å². The molecule has 0 spiro atoms. The first kappa shape index (κ1) is 20.2. The van der Waals surface area contributed by atoms with Crippen LogP contribution >= 0.6 is 0 Å². The van der Waals surface area contributed by atoms with E-state index >= 15 is 0 Å². The highest BCUT2D eigenvalue weighted by atomic mass is 16.5. The van der Waals surface area contributed by atoms with Crippen molar-refractivity contribution in [2.24, 2.45) is 0 Å². The van der Waals surface area contributed by atoms with Crippen LogP contribution in [0.4, 0.5) is 0 Å². The number of carbonyl (C=O) groups is 2. The minimum atomic E-state index is -0.384. The summed E-state index contributed by atoms with van der Waals surface area (Å²) in [6.07, 6.45) is 1.45. The smallest absolute Gasteiger partial charge is 0.270 e. The van der Waals surface area contributed by atoms with Crippen LogP contribution in [0.2, 0.25) is 0 Å². The van der Waals surface area contributed by atoms with Crippen LogP contribution in [0, 0.1) is 0 Å². The van der Waals surface area contributed by atoms with E-state index in [4.69, 9.17) is 9.47 Å². The first-order chi connectivity index (χ1) is 12.7. The molecule has 2 amide bonds. The number of carbonyl (C=O) groups excluding carboxylic acids is 2. The van der Waals surface area contributed by atoms with Crippen molar-refractivity contribution in [1.29, 1.82) is 0 Å². The zero-order valence-corrected chi connectivity index (χ0v) is 16.3. The lowest BCUT2D eigenvalue weighted by Crippen LogP contribution is -2.41. The summed E-state index contributed by atoms with van der Waals surface area (Å²) in [7, 11) is 3.12. The molecule has 1 aromatic heterocycles. The summed E-state index contributed by atoms with van der Waals surface area (Å²) in [5, 5.41) is 5.65.